The van der Waals surface area contributed by atoms with Crippen molar-refractivity contribution in [2.24, 2.45) is 0 Å². The maximum atomic E-state index is 11.7. The molecule has 0 atom stereocenters. The number of nitrogens with one attached hydrogen (secondary N) is 1. The Morgan fingerprint density at radius 2 is 2.00 bits per heavy atom. The molecule has 0 heterocycles. The number of alkyl halides is 1. The van der Waals surface area contributed by atoms with Crippen molar-refractivity contribution in [3.05, 3.63) is 33.3 Å². The van der Waals surface area contributed by atoms with Crippen molar-refractivity contribution in [2.45, 2.75) is 12.8 Å². The van der Waals surface area contributed by atoms with E-state index >= 15 is 0 Å². The van der Waals surface area contributed by atoms with Crippen molar-refractivity contribution in [3.8, 4) is 0 Å². The van der Waals surface area contributed by atoms with Crippen LogP contribution < -0.4 is 4.72 Å². The van der Waals surface area contributed by atoms with Gasteiger partial charge < -0.3 is 0 Å². The summed E-state index contributed by atoms with van der Waals surface area (Å²) in [6.45, 7) is 0. The number of nitro benzene ring substituents is 1. The second kappa shape index (κ2) is 6.93. The molecule has 1 N–H and O–H groups in total. The maximum Gasteiger partial charge on any atom is 0.271 e. The van der Waals surface area contributed by atoms with E-state index in [2.05, 4.69) is 4.72 Å². The molecule has 9 heteroatoms. The van der Waals surface area contributed by atoms with E-state index in [9.17, 15) is 18.5 Å². The lowest BCUT2D eigenvalue weighted by Gasteiger charge is -2.09. The van der Waals surface area contributed by atoms with Crippen LogP contribution in [0, 0.1) is 10.1 Å². The Bertz CT molecular complexity index is 563. The van der Waals surface area contributed by atoms with Gasteiger partial charge in [0.1, 0.15) is 0 Å². The zero-order chi connectivity index (χ0) is 14.5. The Balaban J connectivity index is 2.86. The van der Waals surface area contributed by atoms with Gasteiger partial charge in [-0.05, 0) is 18.9 Å². The Kier molecular flexibility index (Phi) is 5.84. The van der Waals surface area contributed by atoms with Gasteiger partial charge in [0, 0.05) is 18.0 Å². The fourth-order valence-corrected chi connectivity index (χ4v) is 2.91. The zero-order valence-electron chi connectivity index (χ0n) is 9.80. The van der Waals surface area contributed by atoms with Crippen molar-refractivity contribution in [1.82, 2.24) is 0 Å². The van der Waals surface area contributed by atoms with Gasteiger partial charge >= 0.3 is 0 Å². The molecule has 0 aromatic heterocycles. The van der Waals surface area contributed by atoms with Crippen LogP contribution in [0.1, 0.15) is 12.8 Å². The molecular weight excluding hydrogens is 315 g/mol. The van der Waals surface area contributed by atoms with Gasteiger partial charge in [-0.3, -0.25) is 14.8 Å². The van der Waals surface area contributed by atoms with Gasteiger partial charge in [-0.25, -0.2) is 8.42 Å². The minimum Gasteiger partial charge on any atom is -0.282 e. The summed E-state index contributed by atoms with van der Waals surface area (Å²) in [5.41, 5.74) is -0.232. The van der Waals surface area contributed by atoms with Crippen LogP contribution in [0.2, 0.25) is 5.02 Å². The summed E-state index contributed by atoms with van der Waals surface area (Å²) in [7, 11) is -3.59. The number of nitrogens with zero attached hydrogens (tertiary/aromatic N) is 1. The van der Waals surface area contributed by atoms with Gasteiger partial charge in [0.05, 0.1) is 21.4 Å². The van der Waals surface area contributed by atoms with E-state index in [1.165, 1.54) is 12.1 Å². The van der Waals surface area contributed by atoms with Gasteiger partial charge in [-0.15, -0.1) is 11.6 Å². The van der Waals surface area contributed by atoms with Gasteiger partial charge in [-0.2, -0.15) is 0 Å². The van der Waals surface area contributed by atoms with E-state index in [0.717, 1.165) is 6.07 Å². The molecule has 1 aromatic rings. The first kappa shape index (κ1) is 16.0. The normalized spacial score (nSPS) is 11.3. The van der Waals surface area contributed by atoms with Crippen molar-refractivity contribution < 1.29 is 13.3 Å². The SMILES string of the molecule is O=[N+]([O-])c1ccc(Cl)c(NS(=O)(=O)CCCCCl)c1. The highest BCUT2D eigenvalue weighted by Gasteiger charge is 2.15. The van der Waals surface area contributed by atoms with E-state index in [1.54, 1.807) is 0 Å². The highest BCUT2D eigenvalue weighted by atomic mass is 35.5. The lowest BCUT2D eigenvalue weighted by atomic mass is 10.3. The molecule has 0 bridgehead atoms. The Morgan fingerprint density at radius 1 is 1.32 bits per heavy atom. The number of anilines is 1. The largest absolute Gasteiger partial charge is 0.282 e. The summed E-state index contributed by atoms with van der Waals surface area (Å²) >= 11 is 11.3. The van der Waals surface area contributed by atoms with Crippen LogP contribution in [0.5, 0.6) is 0 Å². The summed E-state index contributed by atoms with van der Waals surface area (Å²) < 4.78 is 25.7. The van der Waals surface area contributed by atoms with Gasteiger partial charge in [0.15, 0.2) is 0 Å². The van der Waals surface area contributed by atoms with Crippen molar-refractivity contribution in [1.29, 1.82) is 0 Å². The van der Waals surface area contributed by atoms with Crippen molar-refractivity contribution in [3.63, 3.8) is 0 Å². The molecule has 1 rings (SSSR count). The third-order valence-electron chi connectivity index (χ3n) is 2.22. The number of unbranched alkanes of at least 4 members (excludes halogenated alkanes) is 1. The van der Waals surface area contributed by atoms with Crippen LogP contribution in [0.25, 0.3) is 0 Å². The summed E-state index contributed by atoms with van der Waals surface area (Å²) in [5.74, 6) is 0.270. The molecule has 0 aliphatic heterocycles. The quantitative estimate of drug-likeness (QED) is 0.361. The van der Waals surface area contributed by atoms with Gasteiger partial charge in [-0.1, -0.05) is 11.6 Å². The number of nitro groups is 1. The second-order valence-electron chi connectivity index (χ2n) is 3.74. The van der Waals surface area contributed by atoms with Crippen LogP contribution in [0.3, 0.4) is 0 Å². The molecule has 0 radical (unpaired) electrons. The van der Waals surface area contributed by atoms with E-state index in [-0.39, 0.29) is 22.2 Å². The minimum atomic E-state index is -3.59. The molecule has 0 saturated carbocycles. The standard InChI is InChI=1S/C10H12Cl2N2O4S/c11-5-1-2-6-19(17,18)13-10-7-8(14(15)16)3-4-9(10)12/h3-4,7,13H,1-2,5-6H2. The number of sulfonamides is 1. The molecule has 0 amide bonds. The smallest absolute Gasteiger partial charge is 0.271 e. The monoisotopic (exact) mass is 326 g/mol. The molecule has 6 nitrogen and oxygen atoms in total. The summed E-state index contributed by atoms with van der Waals surface area (Å²) in [4.78, 5) is 9.99. The highest BCUT2D eigenvalue weighted by molar-refractivity contribution is 7.92. The summed E-state index contributed by atoms with van der Waals surface area (Å²) in [6.07, 6.45) is 0.983. The first-order chi connectivity index (χ1) is 8.85. The predicted molar refractivity (Wildman–Crippen MR) is 75.5 cm³/mol. The average molecular weight is 327 g/mol. The number of hydrogen-bond acceptors (Lipinski definition) is 4. The van der Waals surface area contributed by atoms with E-state index in [0.29, 0.717) is 18.7 Å². The summed E-state index contributed by atoms with van der Waals surface area (Å²) in [6, 6.07) is 3.56. The number of rotatable bonds is 7. The van der Waals surface area contributed by atoms with E-state index in [4.69, 9.17) is 23.2 Å². The Hall–Kier alpha value is -1.05. The molecule has 0 aliphatic rings. The predicted octanol–water partition coefficient (Wildman–Crippen LogP) is 3.01. The van der Waals surface area contributed by atoms with Crippen molar-refractivity contribution in [2.75, 3.05) is 16.4 Å². The fourth-order valence-electron chi connectivity index (χ4n) is 1.31. The summed E-state index contributed by atoms with van der Waals surface area (Å²) in [5, 5.41) is 10.7. The van der Waals surface area contributed by atoms with Crippen molar-refractivity contribution >= 4 is 44.6 Å². The first-order valence-electron chi connectivity index (χ1n) is 5.36. The van der Waals surface area contributed by atoms with Crippen LogP contribution in [-0.2, 0) is 10.0 Å². The van der Waals surface area contributed by atoms with Crippen LogP contribution in [0.15, 0.2) is 18.2 Å². The molecule has 0 spiro atoms. The molecule has 0 fully saturated rings. The third kappa shape index (κ3) is 5.22. The lowest BCUT2D eigenvalue weighted by Crippen LogP contribution is -2.17. The fraction of sp³-hybridized carbons (Fsp3) is 0.400. The Morgan fingerprint density at radius 3 is 2.58 bits per heavy atom. The van der Waals surface area contributed by atoms with Gasteiger partial charge in [0.2, 0.25) is 10.0 Å². The number of benzene rings is 1. The third-order valence-corrected chi connectivity index (χ3v) is 4.18. The maximum absolute atomic E-state index is 11.7. The molecule has 0 aliphatic carbocycles. The molecule has 0 saturated heterocycles. The minimum absolute atomic E-state index is 0.00161. The zero-order valence-corrected chi connectivity index (χ0v) is 12.1. The Labute approximate surface area is 120 Å². The number of halogens is 2. The average Bonchev–Trinajstić information content (AvgIpc) is 2.31. The lowest BCUT2D eigenvalue weighted by molar-refractivity contribution is -0.384. The van der Waals surface area contributed by atoms with Crippen LogP contribution >= 0.6 is 23.2 Å². The number of non-ortho nitro benzene ring substituents is 1. The van der Waals surface area contributed by atoms with Crippen LogP contribution in [-0.4, -0.2) is 25.0 Å². The van der Waals surface area contributed by atoms with Gasteiger partial charge in [0.25, 0.3) is 5.69 Å². The molecular formula is C10H12Cl2N2O4S. The van der Waals surface area contributed by atoms with E-state index < -0.39 is 14.9 Å². The topological polar surface area (TPSA) is 89.3 Å². The molecule has 1 aromatic carbocycles. The van der Waals surface area contributed by atoms with E-state index in [1.807, 2.05) is 0 Å². The molecule has 19 heavy (non-hydrogen) atoms. The highest BCUT2D eigenvalue weighted by Crippen LogP contribution is 2.27. The molecule has 106 valence electrons. The molecule has 0 unspecified atom stereocenters. The number of hydrogen-bond donors (Lipinski definition) is 1. The first-order valence-corrected chi connectivity index (χ1v) is 7.92. The van der Waals surface area contributed by atoms with Crippen LogP contribution in [0.4, 0.5) is 11.4 Å². The second-order valence-corrected chi connectivity index (χ2v) is 6.37.